The van der Waals surface area contributed by atoms with Crippen LogP contribution < -0.4 is 0 Å². The number of aliphatic carboxylic acids is 1. The molecule has 2 aromatic rings. The van der Waals surface area contributed by atoms with E-state index in [1.165, 1.54) is 18.3 Å². The number of hydrogen-bond acceptors (Lipinski definition) is 2. The minimum absolute atomic E-state index is 0.196. The third-order valence-corrected chi connectivity index (χ3v) is 3.66. The van der Waals surface area contributed by atoms with Gasteiger partial charge in [-0.25, -0.2) is 9.18 Å². The maximum atomic E-state index is 13.2. The van der Waals surface area contributed by atoms with E-state index in [-0.39, 0.29) is 11.5 Å². The van der Waals surface area contributed by atoms with Gasteiger partial charge in [0.25, 0.3) is 0 Å². The summed E-state index contributed by atoms with van der Waals surface area (Å²) in [6.45, 7) is 5.98. The van der Waals surface area contributed by atoms with E-state index in [1.807, 2.05) is 31.2 Å². The summed E-state index contributed by atoms with van der Waals surface area (Å²) in [4.78, 5) is 13.1. The van der Waals surface area contributed by atoms with Crippen LogP contribution in [0.2, 0.25) is 0 Å². The highest BCUT2D eigenvalue weighted by Gasteiger charge is 2.16. The molecule has 0 aliphatic rings. The molecule has 0 radical (unpaired) electrons. The Balaban J connectivity index is 2.38. The molecule has 2 rings (SSSR count). The smallest absolute Gasteiger partial charge is 0.352 e. The van der Waals surface area contributed by atoms with Crippen molar-refractivity contribution in [2.24, 2.45) is 0 Å². The van der Waals surface area contributed by atoms with Gasteiger partial charge in [0.05, 0.1) is 0 Å². The lowest BCUT2D eigenvalue weighted by atomic mass is 9.99. The molecule has 0 unspecified atom stereocenters. The Morgan fingerprint density at radius 3 is 2.46 bits per heavy atom. The number of nitrogens with zero attached hydrogens (tertiary/aromatic N) is 1. The van der Waals surface area contributed by atoms with Gasteiger partial charge in [-0.1, -0.05) is 56.0 Å². The number of hydrogen-bond donors (Lipinski definition) is 1. The van der Waals surface area contributed by atoms with Crippen LogP contribution in [0.4, 0.5) is 4.39 Å². The van der Waals surface area contributed by atoms with E-state index in [9.17, 15) is 14.3 Å². The molecule has 2 aromatic carbocycles. The van der Waals surface area contributed by atoms with Crippen molar-refractivity contribution in [2.45, 2.75) is 19.9 Å². The molecule has 124 valence electrons. The zero-order valence-corrected chi connectivity index (χ0v) is 13.6. The molecule has 0 bridgehead atoms. The van der Waals surface area contributed by atoms with Crippen molar-refractivity contribution in [2.75, 3.05) is 0 Å². The molecule has 1 N–H and O–H groups in total. The highest BCUT2D eigenvalue weighted by Crippen LogP contribution is 2.26. The Morgan fingerprint density at radius 1 is 1.21 bits per heavy atom. The monoisotopic (exact) mass is 325 g/mol. The van der Waals surface area contributed by atoms with Gasteiger partial charge in [-0.05, 0) is 41.4 Å². The van der Waals surface area contributed by atoms with Gasteiger partial charge in [0, 0.05) is 6.54 Å². The second-order valence-corrected chi connectivity index (χ2v) is 5.28. The average molecular weight is 325 g/mol. The summed E-state index contributed by atoms with van der Waals surface area (Å²) in [6.07, 6.45) is 3.78. The number of rotatable bonds is 7. The van der Waals surface area contributed by atoms with Crippen LogP contribution in [0.25, 0.3) is 11.1 Å². The highest BCUT2D eigenvalue weighted by atomic mass is 19.1. The highest BCUT2D eigenvalue weighted by molar-refractivity contribution is 5.86. The fourth-order valence-electron chi connectivity index (χ4n) is 2.52. The minimum atomic E-state index is -0.990. The molecule has 0 aliphatic carbocycles. The number of carbonyl (C=O) groups is 1. The van der Waals surface area contributed by atoms with Crippen molar-refractivity contribution in [3.8, 4) is 11.1 Å². The molecule has 0 aliphatic heterocycles. The van der Waals surface area contributed by atoms with Crippen molar-refractivity contribution in [1.82, 2.24) is 4.90 Å². The van der Waals surface area contributed by atoms with Gasteiger partial charge in [-0.15, -0.1) is 0 Å². The van der Waals surface area contributed by atoms with Crippen molar-refractivity contribution in [3.05, 3.63) is 84.5 Å². The van der Waals surface area contributed by atoms with Crippen molar-refractivity contribution in [1.29, 1.82) is 0 Å². The summed E-state index contributed by atoms with van der Waals surface area (Å²) in [5.41, 5.74) is 2.95. The van der Waals surface area contributed by atoms with E-state index in [0.717, 1.165) is 16.7 Å². The molecule has 3 nitrogen and oxygen atoms in total. The fraction of sp³-hybridized carbons (Fsp3) is 0.150. The molecule has 0 aromatic heterocycles. The largest absolute Gasteiger partial charge is 0.477 e. The summed E-state index contributed by atoms with van der Waals surface area (Å²) < 4.78 is 13.2. The van der Waals surface area contributed by atoms with E-state index in [4.69, 9.17) is 0 Å². The molecule has 0 atom stereocenters. The Hall–Kier alpha value is -2.88. The van der Waals surface area contributed by atoms with E-state index in [2.05, 4.69) is 6.58 Å². The predicted molar refractivity (Wildman–Crippen MR) is 93.6 cm³/mol. The quantitative estimate of drug-likeness (QED) is 0.742. The van der Waals surface area contributed by atoms with E-state index < -0.39 is 5.97 Å². The average Bonchev–Trinajstić information content (AvgIpc) is 2.59. The number of benzene rings is 2. The van der Waals surface area contributed by atoms with Gasteiger partial charge in [0.15, 0.2) is 0 Å². The van der Waals surface area contributed by atoms with E-state index in [0.29, 0.717) is 13.0 Å². The van der Waals surface area contributed by atoms with Gasteiger partial charge >= 0.3 is 5.97 Å². The molecule has 0 saturated heterocycles. The third kappa shape index (κ3) is 4.10. The van der Waals surface area contributed by atoms with Gasteiger partial charge in [-0.3, -0.25) is 0 Å². The zero-order valence-electron chi connectivity index (χ0n) is 13.6. The fourth-order valence-corrected chi connectivity index (χ4v) is 2.52. The molecule has 0 heterocycles. The van der Waals surface area contributed by atoms with E-state index >= 15 is 0 Å². The van der Waals surface area contributed by atoms with Crippen LogP contribution in [0.5, 0.6) is 0 Å². The summed E-state index contributed by atoms with van der Waals surface area (Å²) in [5.74, 6) is -1.28. The first-order valence-electron chi connectivity index (χ1n) is 7.73. The normalized spacial score (nSPS) is 11.2. The molecule has 24 heavy (non-hydrogen) atoms. The lowest BCUT2D eigenvalue weighted by Crippen LogP contribution is -2.22. The topological polar surface area (TPSA) is 40.5 Å². The molecule has 0 saturated carbocycles. The van der Waals surface area contributed by atoms with Crippen LogP contribution in [0, 0.1) is 5.82 Å². The Kier molecular flexibility index (Phi) is 5.90. The van der Waals surface area contributed by atoms with Gasteiger partial charge in [-0.2, -0.15) is 0 Å². The first-order chi connectivity index (χ1) is 11.6. The summed E-state index contributed by atoms with van der Waals surface area (Å²) in [5, 5.41) is 9.40. The Morgan fingerprint density at radius 2 is 1.88 bits per heavy atom. The minimum Gasteiger partial charge on any atom is -0.477 e. The summed E-state index contributed by atoms with van der Waals surface area (Å²) in [7, 11) is 0. The first-order valence-corrected chi connectivity index (χ1v) is 7.73. The molecular formula is C20H20FNO2. The SMILES string of the molecule is C=CN(Cc1ccccc1-c1ccc(F)cc1)/C(=C\CC)C(=O)O. The second-order valence-electron chi connectivity index (χ2n) is 5.28. The third-order valence-electron chi connectivity index (χ3n) is 3.66. The first kappa shape index (κ1) is 17.5. The Labute approximate surface area is 141 Å². The van der Waals surface area contributed by atoms with Crippen LogP contribution in [-0.2, 0) is 11.3 Å². The lowest BCUT2D eigenvalue weighted by molar-refractivity contribution is -0.134. The number of carboxylic acid groups (broad SMARTS) is 1. The Bertz CT molecular complexity index is 750. The molecule has 0 fully saturated rings. The van der Waals surface area contributed by atoms with Crippen molar-refractivity contribution in [3.63, 3.8) is 0 Å². The van der Waals surface area contributed by atoms with E-state index in [1.54, 1.807) is 23.1 Å². The van der Waals surface area contributed by atoms with Crippen LogP contribution in [0.1, 0.15) is 18.9 Å². The zero-order chi connectivity index (χ0) is 17.5. The lowest BCUT2D eigenvalue weighted by Gasteiger charge is -2.22. The van der Waals surface area contributed by atoms with Crippen LogP contribution in [0.3, 0.4) is 0 Å². The van der Waals surface area contributed by atoms with Crippen molar-refractivity contribution < 1.29 is 14.3 Å². The summed E-state index contributed by atoms with van der Waals surface area (Å²) in [6, 6.07) is 13.9. The maximum Gasteiger partial charge on any atom is 0.352 e. The number of allylic oxidation sites excluding steroid dienone is 1. The standard InChI is InChI=1S/C20H20FNO2/c1-3-7-19(20(23)24)22(4-2)14-16-8-5-6-9-18(16)15-10-12-17(21)13-11-15/h4-13H,2-3,14H2,1H3,(H,23,24)/b19-7-. The number of carboxylic acids is 1. The summed E-state index contributed by atoms with van der Waals surface area (Å²) >= 11 is 0. The van der Waals surface area contributed by atoms with Gasteiger partial charge < -0.3 is 10.0 Å². The number of halogens is 1. The van der Waals surface area contributed by atoms with Crippen LogP contribution in [-0.4, -0.2) is 16.0 Å². The molecule has 4 heteroatoms. The molecule has 0 amide bonds. The van der Waals surface area contributed by atoms with Crippen molar-refractivity contribution >= 4 is 5.97 Å². The molecular weight excluding hydrogens is 305 g/mol. The maximum absolute atomic E-state index is 13.2. The van der Waals surface area contributed by atoms with Gasteiger partial charge in [0.2, 0.25) is 0 Å². The van der Waals surface area contributed by atoms with Gasteiger partial charge in [0.1, 0.15) is 11.5 Å². The predicted octanol–water partition coefficient (Wildman–Crippen LogP) is 4.82. The molecule has 0 spiro atoms. The van der Waals surface area contributed by atoms with Crippen LogP contribution >= 0.6 is 0 Å². The second kappa shape index (κ2) is 8.11. The van der Waals surface area contributed by atoms with Crippen LogP contribution in [0.15, 0.2) is 73.1 Å².